The molecule has 2 aromatic carbocycles. The van der Waals surface area contributed by atoms with Gasteiger partial charge in [0.1, 0.15) is 0 Å². The van der Waals surface area contributed by atoms with Crippen LogP contribution in [0.15, 0.2) is 48.8 Å². The Hall–Kier alpha value is -1.64. The van der Waals surface area contributed by atoms with Crippen molar-refractivity contribution in [2.45, 2.75) is 0 Å². The van der Waals surface area contributed by atoms with Gasteiger partial charge in [0.2, 0.25) is 0 Å². The second-order valence-corrected chi connectivity index (χ2v) is 5.71. The average Bonchev–Trinajstić information content (AvgIpc) is 2.79. The molecule has 0 amide bonds. The molecule has 4 rings (SSSR count). The lowest BCUT2D eigenvalue weighted by atomic mass is 10.1. The molecule has 2 aromatic heterocycles. The molecule has 0 N–H and O–H groups in total. The van der Waals surface area contributed by atoms with E-state index in [1.54, 1.807) is 11.3 Å². The van der Waals surface area contributed by atoms with Gasteiger partial charge in [-0.1, -0.05) is 29.8 Å². The molecule has 0 aliphatic rings. The van der Waals surface area contributed by atoms with E-state index in [0.717, 1.165) is 9.72 Å². The van der Waals surface area contributed by atoms with E-state index in [9.17, 15) is 0 Å². The molecule has 18 heavy (non-hydrogen) atoms. The topological polar surface area (TPSA) is 12.9 Å². The predicted octanol–water partition coefficient (Wildman–Crippen LogP) is 5.26. The molecule has 3 heteroatoms. The van der Waals surface area contributed by atoms with Crippen LogP contribution in [0.5, 0.6) is 0 Å². The Labute approximate surface area is 113 Å². The van der Waals surface area contributed by atoms with E-state index in [2.05, 4.69) is 23.2 Å². The zero-order valence-electron chi connectivity index (χ0n) is 9.35. The van der Waals surface area contributed by atoms with Crippen molar-refractivity contribution >= 4 is 53.9 Å². The molecule has 0 aliphatic carbocycles. The van der Waals surface area contributed by atoms with Gasteiger partial charge in [0.05, 0.1) is 9.72 Å². The molecule has 2 heterocycles. The summed E-state index contributed by atoms with van der Waals surface area (Å²) in [4.78, 5) is 4.24. The van der Waals surface area contributed by atoms with Crippen LogP contribution in [-0.2, 0) is 0 Å². The Morgan fingerprint density at radius 3 is 2.89 bits per heavy atom. The lowest BCUT2D eigenvalue weighted by Crippen LogP contribution is -1.76. The highest BCUT2D eigenvalue weighted by Gasteiger charge is 2.10. The molecule has 86 valence electrons. The summed E-state index contributed by atoms with van der Waals surface area (Å²) in [7, 11) is 0. The van der Waals surface area contributed by atoms with E-state index in [4.69, 9.17) is 11.6 Å². The van der Waals surface area contributed by atoms with Crippen LogP contribution < -0.4 is 0 Å². The summed E-state index contributed by atoms with van der Waals surface area (Å²) in [6.45, 7) is 0. The molecule has 0 radical (unpaired) electrons. The van der Waals surface area contributed by atoms with Gasteiger partial charge in [-0.2, -0.15) is 0 Å². The maximum Gasteiger partial charge on any atom is 0.0584 e. The molecule has 0 fully saturated rings. The van der Waals surface area contributed by atoms with Crippen LogP contribution in [0.2, 0.25) is 5.02 Å². The summed E-state index contributed by atoms with van der Waals surface area (Å²) in [5.41, 5.74) is 0. The number of benzene rings is 2. The summed E-state index contributed by atoms with van der Waals surface area (Å²) in [5, 5.41) is 5.73. The first-order chi connectivity index (χ1) is 8.84. The van der Waals surface area contributed by atoms with E-state index < -0.39 is 0 Å². The smallest absolute Gasteiger partial charge is 0.0584 e. The van der Waals surface area contributed by atoms with Gasteiger partial charge < -0.3 is 0 Å². The van der Waals surface area contributed by atoms with Gasteiger partial charge in [-0.15, -0.1) is 11.3 Å². The third kappa shape index (κ3) is 1.30. The predicted molar refractivity (Wildman–Crippen MR) is 79.6 cm³/mol. The Morgan fingerprint density at radius 1 is 1.00 bits per heavy atom. The van der Waals surface area contributed by atoms with Crippen molar-refractivity contribution in [2.24, 2.45) is 0 Å². The normalized spacial score (nSPS) is 11.6. The summed E-state index contributed by atoms with van der Waals surface area (Å²) < 4.78 is 2.42. The minimum absolute atomic E-state index is 0.825. The molecule has 4 aromatic rings. The van der Waals surface area contributed by atoms with Gasteiger partial charge >= 0.3 is 0 Å². The fourth-order valence-electron chi connectivity index (χ4n) is 2.42. The van der Waals surface area contributed by atoms with Crippen LogP contribution in [-0.4, -0.2) is 4.98 Å². The molecule has 0 atom stereocenters. The maximum absolute atomic E-state index is 6.27. The Kier molecular flexibility index (Phi) is 2.10. The summed E-state index contributed by atoms with van der Waals surface area (Å²) >= 11 is 8.02. The lowest BCUT2D eigenvalue weighted by molar-refractivity contribution is 1.37. The van der Waals surface area contributed by atoms with Crippen LogP contribution in [0.25, 0.3) is 30.9 Å². The van der Waals surface area contributed by atoms with E-state index in [1.807, 2.05) is 30.6 Å². The van der Waals surface area contributed by atoms with Crippen molar-refractivity contribution in [1.82, 2.24) is 4.98 Å². The van der Waals surface area contributed by atoms with Crippen molar-refractivity contribution in [1.29, 1.82) is 0 Å². The van der Waals surface area contributed by atoms with Gasteiger partial charge in [-0.3, -0.25) is 4.98 Å². The van der Waals surface area contributed by atoms with Gasteiger partial charge in [0.25, 0.3) is 0 Å². The molecule has 0 saturated carbocycles. The van der Waals surface area contributed by atoms with E-state index >= 15 is 0 Å². The van der Waals surface area contributed by atoms with Gasteiger partial charge in [-0.05, 0) is 23.6 Å². The number of halogens is 1. The van der Waals surface area contributed by atoms with Crippen molar-refractivity contribution in [3.05, 3.63) is 53.8 Å². The first-order valence-corrected chi connectivity index (χ1v) is 6.87. The molecular weight excluding hydrogens is 262 g/mol. The number of rotatable bonds is 0. The highest BCUT2D eigenvalue weighted by atomic mass is 35.5. The molecule has 1 nitrogen and oxygen atoms in total. The van der Waals surface area contributed by atoms with Gasteiger partial charge in [0.15, 0.2) is 0 Å². The average molecular weight is 270 g/mol. The minimum atomic E-state index is 0.825. The highest BCUT2D eigenvalue weighted by molar-refractivity contribution is 7.26. The quantitative estimate of drug-likeness (QED) is 0.424. The largest absolute Gasteiger partial charge is 0.264 e. The minimum Gasteiger partial charge on any atom is -0.264 e. The summed E-state index contributed by atoms with van der Waals surface area (Å²) in [6.07, 6.45) is 3.76. The number of pyridine rings is 1. The van der Waals surface area contributed by atoms with Crippen LogP contribution >= 0.6 is 22.9 Å². The Bertz CT molecular complexity index is 895. The lowest BCUT2D eigenvalue weighted by Gasteiger charge is -1.99. The molecule has 0 bridgehead atoms. The molecule has 0 unspecified atom stereocenters. The molecular formula is C15H8ClNS. The Balaban J connectivity index is 2.37. The van der Waals surface area contributed by atoms with Crippen molar-refractivity contribution in [3.8, 4) is 0 Å². The van der Waals surface area contributed by atoms with Gasteiger partial charge in [-0.25, -0.2) is 0 Å². The van der Waals surface area contributed by atoms with Crippen LogP contribution in [0, 0.1) is 0 Å². The fourth-order valence-corrected chi connectivity index (χ4v) is 3.84. The van der Waals surface area contributed by atoms with E-state index in [-0.39, 0.29) is 0 Å². The molecule has 0 spiro atoms. The van der Waals surface area contributed by atoms with Crippen molar-refractivity contribution < 1.29 is 0 Å². The number of thiophene rings is 1. The van der Waals surface area contributed by atoms with Crippen LogP contribution in [0.1, 0.15) is 0 Å². The maximum atomic E-state index is 6.27. The zero-order chi connectivity index (χ0) is 12.1. The van der Waals surface area contributed by atoms with E-state index in [1.165, 1.54) is 26.2 Å². The number of aromatic nitrogens is 1. The standard InChI is InChI=1S/C15H8ClNS/c16-12-3-1-2-10-14-11-8-17-7-6-9(11)4-5-13(14)18-15(10)12/h1-8H. The first-order valence-electron chi connectivity index (χ1n) is 5.68. The molecule has 0 aliphatic heterocycles. The van der Waals surface area contributed by atoms with Crippen molar-refractivity contribution in [2.75, 3.05) is 0 Å². The highest BCUT2D eigenvalue weighted by Crippen LogP contribution is 2.40. The SMILES string of the molecule is Clc1cccc2c1sc1ccc3ccncc3c12. The summed E-state index contributed by atoms with van der Waals surface area (Å²) in [5.74, 6) is 0. The number of hydrogen-bond acceptors (Lipinski definition) is 2. The summed E-state index contributed by atoms with van der Waals surface area (Å²) in [6, 6.07) is 12.4. The zero-order valence-corrected chi connectivity index (χ0v) is 10.9. The number of nitrogens with zero attached hydrogens (tertiary/aromatic N) is 1. The molecule has 0 saturated heterocycles. The third-order valence-corrected chi connectivity index (χ3v) is 4.86. The second-order valence-electron chi connectivity index (χ2n) is 4.25. The van der Waals surface area contributed by atoms with Gasteiger partial charge in [0, 0.05) is 33.3 Å². The number of fused-ring (bicyclic) bond motifs is 5. The third-order valence-electron chi connectivity index (χ3n) is 3.23. The van der Waals surface area contributed by atoms with Crippen LogP contribution in [0.4, 0.5) is 0 Å². The second kappa shape index (κ2) is 3.67. The monoisotopic (exact) mass is 269 g/mol. The van der Waals surface area contributed by atoms with Crippen LogP contribution in [0.3, 0.4) is 0 Å². The Morgan fingerprint density at radius 2 is 1.94 bits per heavy atom. The first kappa shape index (κ1) is 10.3. The number of hydrogen-bond donors (Lipinski definition) is 0. The fraction of sp³-hybridized carbons (Fsp3) is 0. The van der Waals surface area contributed by atoms with E-state index in [0.29, 0.717) is 0 Å². The van der Waals surface area contributed by atoms with Crippen molar-refractivity contribution in [3.63, 3.8) is 0 Å².